The molecule has 2 nitrogen and oxygen atoms in total. The highest BCUT2D eigenvalue weighted by Gasteiger charge is 2.26. The number of hydrogen-bond acceptors (Lipinski definition) is 2. The molecule has 0 amide bonds. The smallest absolute Gasteiger partial charge is 0.172 e. The van der Waals surface area contributed by atoms with Gasteiger partial charge < -0.3 is 4.74 Å². The van der Waals surface area contributed by atoms with Crippen LogP contribution in [0.1, 0.15) is 20.8 Å². The Morgan fingerprint density at radius 1 is 1.36 bits per heavy atom. The van der Waals surface area contributed by atoms with Crippen molar-refractivity contribution in [3.8, 4) is 5.75 Å². The lowest BCUT2D eigenvalue weighted by atomic mass is 10.1. The van der Waals surface area contributed by atoms with Crippen LogP contribution in [0.4, 0.5) is 4.39 Å². The minimum absolute atomic E-state index is 0.104. The lowest BCUT2D eigenvalue weighted by molar-refractivity contribution is -0.129. The molecule has 0 fully saturated rings. The molecule has 0 aliphatic rings. The van der Waals surface area contributed by atoms with Crippen LogP contribution >= 0.6 is 0 Å². The first kappa shape index (κ1) is 10.7. The van der Waals surface area contributed by atoms with Gasteiger partial charge in [-0.2, -0.15) is 0 Å². The molecule has 0 saturated carbocycles. The molecule has 14 heavy (non-hydrogen) atoms. The van der Waals surface area contributed by atoms with E-state index in [0.717, 1.165) is 0 Å². The molecule has 0 heterocycles. The fourth-order valence-corrected chi connectivity index (χ4v) is 0.874. The standard InChI is InChI=1S/C11H13FO2/c1-8(13)11(2,3)14-10-7-5-4-6-9(10)12/h4-7H,1-3H3. The lowest BCUT2D eigenvalue weighted by Crippen LogP contribution is -2.36. The molecule has 0 bridgehead atoms. The summed E-state index contributed by atoms with van der Waals surface area (Å²) >= 11 is 0. The van der Waals surface area contributed by atoms with Gasteiger partial charge in [0.15, 0.2) is 23.0 Å². The molecule has 0 N–H and O–H groups in total. The second-order valence-corrected chi connectivity index (χ2v) is 3.60. The van der Waals surface area contributed by atoms with Gasteiger partial charge in [0.25, 0.3) is 0 Å². The van der Waals surface area contributed by atoms with Gasteiger partial charge >= 0.3 is 0 Å². The molecular weight excluding hydrogens is 183 g/mol. The first-order valence-electron chi connectivity index (χ1n) is 4.38. The summed E-state index contributed by atoms with van der Waals surface area (Å²) in [5, 5.41) is 0. The predicted octanol–water partition coefficient (Wildman–Crippen LogP) is 2.57. The van der Waals surface area contributed by atoms with Crippen LogP contribution in [0.5, 0.6) is 5.75 Å². The van der Waals surface area contributed by atoms with Crippen molar-refractivity contribution in [2.45, 2.75) is 26.4 Å². The van der Waals surface area contributed by atoms with Crippen molar-refractivity contribution in [3.63, 3.8) is 0 Å². The van der Waals surface area contributed by atoms with Gasteiger partial charge in [0, 0.05) is 0 Å². The summed E-state index contributed by atoms with van der Waals surface area (Å²) in [6.45, 7) is 4.64. The lowest BCUT2D eigenvalue weighted by Gasteiger charge is -2.23. The van der Waals surface area contributed by atoms with Crippen molar-refractivity contribution >= 4 is 5.78 Å². The van der Waals surface area contributed by atoms with E-state index >= 15 is 0 Å². The number of carbonyl (C=O) groups is 1. The molecule has 0 saturated heterocycles. The summed E-state index contributed by atoms with van der Waals surface area (Å²) < 4.78 is 18.4. The van der Waals surface area contributed by atoms with Crippen molar-refractivity contribution in [1.82, 2.24) is 0 Å². The molecule has 1 rings (SSSR count). The van der Waals surface area contributed by atoms with E-state index < -0.39 is 11.4 Å². The maximum Gasteiger partial charge on any atom is 0.172 e. The van der Waals surface area contributed by atoms with Crippen molar-refractivity contribution < 1.29 is 13.9 Å². The van der Waals surface area contributed by atoms with Gasteiger partial charge in [-0.3, -0.25) is 4.79 Å². The largest absolute Gasteiger partial charge is 0.477 e. The maximum absolute atomic E-state index is 13.1. The van der Waals surface area contributed by atoms with E-state index in [1.165, 1.54) is 19.1 Å². The summed E-state index contributed by atoms with van der Waals surface area (Å²) in [6, 6.07) is 6.03. The van der Waals surface area contributed by atoms with Crippen LogP contribution < -0.4 is 4.74 Å². The van der Waals surface area contributed by atoms with Crippen molar-refractivity contribution in [2.24, 2.45) is 0 Å². The van der Waals surface area contributed by atoms with E-state index in [4.69, 9.17) is 4.74 Å². The van der Waals surface area contributed by atoms with Gasteiger partial charge in [0.05, 0.1) is 0 Å². The first-order valence-corrected chi connectivity index (χ1v) is 4.38. The minimum Gasteiger partial charge on any atom is -0.477 e. The Morgan fingerprint density at radius 2 is 1.93 bits per heavy atom. The number of halogens is 1. The van der Waals surface area contributed by atoms with Crippen LogP contribution in [0.15, 0.2) is 24.3 Å². The zero-order valence-corrected chi connectivity index (χ0v) is 8.50. The third-order valence-electron chi connectivity index (χ3n) is 2.05. The Hall–Kier alpha value is -1.38. The summed E-state index contributed by atoms with van der Waals surface area (Å²) in [6.07, 6.45) is 0. The molecule has 0 atom stereocenters. The number of Topliss-reactive ketones (excluding diaryl/α,β-unsaturated/α-hetero) is 1. The molecule has 0 aliphatic heterocycles. The van der Waals surface area contributed by atoms with Gasteiger partial charge in [-0.15, -0.1) is 0 Å². The number of carbonyl (C=O) groups excluding carboxylic acids is 1. The Bertz CT molecular complexity index is 345. The molecule has 0 radical (unpaired) electrons. The average Bonchev–Trinajstić information content (AvgIpc) is 2.08. The number of hydrogen-bond donors (Lipinski definition) is 0. The van der Waals surface area contributed by atoms with Crippen LogP contribution in [0.25, 0.3) is 0 Å². The second kappa shape index (κ2) is 3.78. The summed E-state index contributed by atoms with van der Waals surface area (Å²) in [5.41, 5.74) is -0.984. The molecular formula is C11H13FO2. The molecule has 1 aromatic rings. The zero-order valence-electron chi connectivity index (χ0n) is 8.50. The summed E-state index contributed by atoms with van der Waals surface area (Å²) in [4.78, 5) is 11.1. The van der Waals surface area contributed by atoms with E-state index in [9.17, 15) is 9.18 Å². The molecule has 0 aromatic heterocycles. The molecule has 3 heteroatoms. The molecule has 0 unspecified atom stereocenters. The minimum atomic E-state index is -0.984. The monoisotopic (exact) mass is 196 g/mol. The molecule has 76 valence electrons. The van der Waals surface area contributed by atoms with Crippen molar-refractivity contribution in [3.05, 3.63) is 30.1 Å². The normalized spacial score (nSPS) is 11.1. The number of para-hydroxylation sites is 1. The van der Waals surface area contributed by atoms with E-state index in [2.05, 4.69) is 0 Å². The van der Waals surface area contributed by atoms with Gasteiger partial charge in [0.1, 0.15) is 0 Å². The Balaban J connectivity index is 2.89. The predicted molar refractivity (Wildman–Crippen MR) is 51.8 cm³/mol. The highest BCUT2D eigenvalue weighted by molar-refractivity contribution is 5.84. The third-order valence-corrected chi connectivity index (χ3v) is 2.05. The van der Waals surface area contributed by atoms with E-state index in [0.29, 0.717) is 0 Å². The Kier molecular flexibility index (Phi) is 2.89. The summed E-state index contributed by atoms with van der Waals surface area (Å²) in [7, 11) is 0. The van der Waals surface area contributed by atoms with Crippen LogP contribution in [0.2, 0.25) is 0 Å². The van der Waals surface area contributed by atoms with E-state index in [1.54, 1.807) is 26.0 Å². The van der Waals surface area contributed by atoms with Crippen molar-refractivity contribution in [1.29, 1.82) is 0 Å². The highest BCUT2D eigenvalue weighted by Crippen LogP contribution is 2.21. The number of rotatable bonds is 3. The number of ketones is 1. The fourth-order valence-electron chi connectivity index (χ4n) is 0.874. The average molecular weight is 196 g/mol. The quantitative estimate of drug-likeness (QED) is 0.742. The maximum atomic E-state index is 13.1. The second-order valence-electron chi connectivity index (χ2n) is 3.60. The van der Waals surface area contributed by atoms with Crippen LogP contribution in [0, 0.1) is 5.82 Å². The first-order chi connectivity index (χ1) is 6.43. The molecule has 0 aliphatic carbocycles. The highest BCUT2D eigenvalue weighted by atomic mass is 19.1. The van der Waals surface area contributed by atoms with Crippen LogP contribution in [0.3, 0.4) is 0 Å². The fraction of sp³-hybridized carbons (Fsp3) is 0.364. The molecule has 0 spiro atoms. The SMILES string of the molecule is CC(=O)C(C)(C)Oc1ccccc1F. The zero-order chi connectivity index (χ0) is 10.8. The van der Waals surface area contributed by atoms with Gasteiger partial charge in [-0.05, 0) is 32.9 Å². The van der Waals surface area contributed by atoms with E-state index in [1.807, 2.05) is 0 Å². The third kappa shape index (κ3) is 2.31. The van der Waals surface area contributed by atoms with Crippen molar-refractivity contribution in [2.75, 3.05) is 0 Å². The van der Waals surface area contributed by atoms with Crippen LogP contribution in [-0.4, -0.2) is 11.4 Å². The topological polar surface area (TPSA) is 26.3 Å². The van der Waals surface area contributed by atoms with Gasteiger partial charge in [0.2, 0.25) is 0 Å². The van der Waals surface area contributed by atoms with Crippen LogP contribution in [-0.2, 0) is 4.79 Å². The van der Waals surface area contributed by atoms with E-state index in [-0.39, 0.29) is 11.5 Å². The number of ether oxygens (including phenoxy) is 1. The Labute approximate surface area is 82.7 Å². The number of benzene rings is 1. The van der Waals surface area contributed by atoms with Gasteiger partial charge in [-0.25, -0.2) is 4.39 Å². The van der Waals surface area contributed by atoms with Gasteiger partial charge in [-0.1, -0.05) is 12.1 Å². The summed E-state index contributed by atoms with van der Waals surface area (Å²) in [5.74, 6) is -0.490. The molecule has 1 aromatic carbocycles. The Morgan fingerprint density at radius 3 is 2.43 bits per heavy atom.